The number of hydrogen-bond acceptors (Lipinski definition) is 9. The lowest BCUT2D eigenvalue weighted by Gasteiger charge is -2.08. The fraction of sp³-hybridized carbons (Fsp3) is 0.463. The van der Waals surface area contributed by atoms with Crippen molar-refractivity contribution in [2.24, 2.45) is 0 Å². The predicted octanol–water partition coefficient (Wildman–Crippen LogP) is 6.73. The third-order valence-corrected chi connectivity index (χ3v) is 7.33. The van der Waals surface area contributed by atoms with E-state index in [2.05, 4.69) is 72.8 Å². The number of benzene rings is 3. The van der Waals surface area contributed by atoms with E-state index in [0.29, 0.717) is 92.5 Å². The summed E-state index contributed by atoms with van der Waals surface area (Å²) in [6.45, 7) is 8.63. The third kappa shape index (κ3) is 20.3. The molecular weight excluding hydrogens is 636 g/mol. The first-order valence-corrected chi connectivity index (χ1v) is 17.5. The van der Waals surface area contributed by atoms with Gasteiger partial charge in [-0.05, 0) is 52.8 Å². The summed E-state index contributed by atoms with van der Waals surface area (Å²) in [4.78, 5) is 0. The molecule has 0 bridgehead atoms. The summed E-state index contributed by atoms with van der Waals surface area (Å²) < 4.78 is 48.5. The molecule has 0 aliphatic rings. The Hall–Kier alpha value is -3.38. The van der Waals surface area contributed by atoms with Crippen LogP contribution in [0.25, 0.3) is 24.3 Å². The van der Waals surface area contributed by atoms with Crippen LogP contribution in [-0.2, 0) is 44.3 Å². The normalized spacial score (nSPS) is 11.6. The first-order chi connectivity index (χ1) is 24.8. The zero-order chi connectivity index (χ0) is 35.2. The molecule has 0 fully saturated rings. The highest BCUT2D eigenvalue weighted by molar-refractivity contribution is 5.73. The second-order valence-electron chi connectivity index (χ2n) is 11.3. The Morgan fingerprint density at radius 2 is 0.680 bits per heavy atom. The summed E-state index contributed by atoms with van der Waals surface area (Å²) >= 11 is 0. The van der Waals surface area contributed by atoms with Gasteiger partial charge in [0.15, 0.2) is 0 Å². The Bertz CT molecular complexity index is 1170. The van der Waals surface area contributed by atoms with Crippen LogP contribution in [0.4, 0.5) is 0 Å². The smallest absolute Gasteiger partial charge is 0.119 e. The zero-order valence-electron chi connectivity index (χ0n) is 29.9. The maximum Gasteiger partial charge on any atom is 0.119 e. The first kappa shape index (κ1) is 41.0. The van der Waals surface area contributed by atoms with Gasteiger partial charge >= 0.3 is 0 Å². The first-order valence-electron chi connectivity index (χ1n) is 17.5. The molecule has 3 aromatic rings. The van der Waals surface area contributed by atoms with Crippen molar-refractivity contribution in [2.45, 2.75) is 12.8 Å². The van der Waals surface area contributed by atoms with Gasteiger partial charge in [0.05, 0.1) is 85.9 Å². The molecule has 0 atom stereocenters. The average molecular weight is 693 g/mol. The van der Waals surface area contributed by atoms with Crippen LogP contribution in [0.15, 0.2) is 72.8 Å². The van der Waals surface area contributed by atoms with Crippen molar-refractivity contribution < 1.29 is 42.6 Å². The molecule has 274 valence electrons. The van der Waals surface area contributed by atoms with Crippen LogP contribution in [0.2, 0.25) is 0 Å². The summed E-state index contributed by atoms with van der Waals surface area (Å²) in [5.74, 6) is 0.820. The van der Waals surface area contributed by atoms with Gasteiger partial charge in [-0.15, -0.1) is 0 Å². The van der Waals surface area contributed by atoms with Crippen LogP contribution in [0.3, 0.4) is 0 Å². The second kappa shape index (κ2) is 28.3. The van der Waals surface area contributed by atoms with Crippen molar-refractivity contribution in [2.75, 3.05) is 113 Å². The Kier molecular flexibility index (Phi) is 23.3. The fourth-order valence-electron chi connectivity index (χ4n) is 4.54. The van der Waals surface area contributed by atoms with Crippen molar-refractivity contribution in [1.82, 2.24) is 0 Å². The summed E-state index contributed by atoms with van der Waals surface area (Å²) in [5, 5.41) is 0. The van der Waals surface area contributed by atoms with Crippen molar-refractivity contribution >= 4 is 24.3 Å². The van der Waals surface area contributed by atoms with E-state index in [1.807, 2.05) is 24.3 Å². The molecule has 0 amide bonds. The Morgan fingerprint density at radius 3 is 1.08 bits per heavy atom. The van der Waals surface area contributed by atoms with E-state index in [9.17, 15) is 0 Å². The molecule has 0 heterocycles. The van der Waals surface area contributed by atoms with E-state index < -0.39 is 0 Å². The summed E-state index contributed by atoms with van der Waals surface area (Å²) in [6, 6.07) is 25.3. The predicted molar refractivity (Wildman–Crippen MR) is 200 cm³/mol. The number of aryl methyl sites for hydroxylation is 1. The number of rotatable bonds is 30. The van der Waals surface area contributed by atoms with E-state index in [4.69, 9.17) is 42.6 Å². The van der Waals surface area contributed by atoms with E-state index in [1.165, 1.54) is 11.1 Å². The Morgan fingerprint density at radius 1 is 0.360 bits per heavy atom. The van der Waals surface area contributed by atoms with E-state index in [-0.39, 0.29) is 0 Å². The van der Waals surface area contributed by atoms with Crippen molar-refractivity contribution in [3.63, 3.8) is 0 Å². The molecule has 0 aliphatic heterocycles. The monoisotopic (exact) mass is 692 g/mol. The minimum absolute atomic E-state index is 0.489. The van der Waals surface area contributed by atoms with Crippen LogP contribution < -0.4 is 4.74 Å². The maximum atomic E-state index is 5.78. The largest absolute Gasteiger partial charge is 0.491 e. The molecule has 0 aromatic heterocycles. The van der Waals surface area contributed by atoms with Crippen LogP contribution >= 0.6 is 0 Å². The summed E-state index contributed by atoms with van der Waals surface area (Å²) in [6.07, 6.45) is 10.5. The van der Waals surface area contributed by atoms with Crippen LogP contribution in [0.5, 0.6) is 5.75 Å². The lowest BCUT2D eigenvalue weighted by atomic mass is 10.1. The molecule has 0 spiro atoms. The highest BCUT2D eigenvalue weighted by Crippen LogP contribution is 2.16. The molecular formula is C41H56O9. The summed E-state index contributed by atoms with van der Waals surface area (Å²) in [5.41, 5.74) is 5.91. The highest BCUT2D eigenvalue weighted by atomic mass is 16.6. The molecule has 0 saturated carbocycles. The fourth-order valence-corrected chi connectivity index (χ4v) is 4.54. The van der Waals surface area contributed by atoms with Gasteiger partial charge in [0, 0.05) is 20.8 Å². The third-order valence-electron chi connectivity index (χ3n) is 7.33. The van der Waals surface area contributed by atoms with Crippen molar-refractivity contribution in [1.29, 1.82) is 0 Å². The highest BCUT2D eigenvalue weighted by Gasteiger charge is 1.98. The average Bonchev–Trinajstić information content (AvgIpc) is 3.15. The standard InChI is InChI=1S/C41H56O9/c1-42-22-24-45-28-30-47-27-26-44-21-3-4-36-5-7-37(8-6-36)9-10-38-11-13-39(14-12-38)15-16-40-17-19-41(20-18-40)50-35-34-49-33-32-48-31-29-46-25-23-43-2/h5-20H,3-4,21-35H2,1-2H3/b10-9+,16-15+. The molecule has 3 aromatic carbocycles. The lowest BCUT2D eigenvalue weighted by Crippen LogP contribution is -2.13. The van der Waals surface area contributed by atoms with E-state index in [0.717, 1.165) is 41.9 Å². The quantitative estimate of drug-likeness (QED) is 0.0558. The molecule has 0 unspecified atom stereocenters. The van der Waals surface area contributed by atoms with Gasteiger partial charge in [-0.3, -0.25) is 0 Å². The molecule has 9 nitrogen and oxygen atoms in total. The molecule has 0 N–H and O–H groups in total. The van der Waals surface area contributed by atoms with Gasteiger partial charge in [0.2, 0.25) is 0 Å². The van der Waals surface area contributed by atoms with Crippen LogP contribution in [0, 0.1) is 0 Å². The number of methoxy groups -OCH3 is 2. The van der Waals surface area contributed by atoms with Gasteiger partial charge in [-0.1, -0.05) is 85.0 Å². The molecule has 9 heteroatoms. The minimum atomic E-state index is 0.489. The van der Waals surface area contributed by atoms with Gasteiger partial charge in [-0.25, -0.2) is 0 Å². The summed E-state index contributed by atoms with van der Waals surface area (Å²) in [7, 11) is 3.32. The maximum absolute atomic E-state index is 5.78. The Balaban J connectivity index is 1.23. The van der Waals surface area contributed by atoms with E-state index >= 15 is 0 Å². The number of ether oxygens (including phenoxy) is 9. The SMILES string of the molecule is COCCOCCOCCOCCCc1ccc(/C=C/c2ccc(/C=C/c3ccc(OCCOCCOCCOCCOC)cc3)cc2)cc1. The van der Waals surface area contributed by atoms with Crippen LogP contribution in [0.1, 0.15) is 34.2 Å². The molecule has 3 rings (SSSR count). The van der Waals surface area contributed by atoms with Gasteiger partial charge in [0.25, 0.3) is 0 Å². The number of hydrogen-bond donors (Lipinski definition) is 0. The Labute approximate surface area is 299 Å². The topological polar surface area (TPSA) is 83.1 Å². The lowest BCUT2D eigenvalue weighted by molar-refractivity contribution is 0.000164. The van der Waals surface area contributed by atoms with Gasteiger partial charge < -0.3 is 42.6 Å². The second-order valence-corrected chi connectivity index (χ2v) is 11.3. The van der Waals surface area contributed by atoms with Crippen LogP contribution in [-0.4, -0.2) is 113 Å². The van der Waals surface area contributed by atoms with E-state index in [1.54, 1.807) is 14.2 Å². The molecule has 0 radical (unpaired) electrons. The molecule has 0 saturated heterocycles. The van der Waals surface area contributed by atoms with Crippen molar-refractivity contribution in [3.8, 4) is 5.75 Å². The van der Waals surface area contributed by atoms with Gasteiger partial charge in [-0.2, -0.15) is 0 Å². The van der Waals surface area contributed by atoms with Gasteiger partial charge in [0.1, 0.15) is 12.4 Å². The van der Waals surface area contributed by atoms with Crippen molar-refractivity contribution in [3.05, 3.63) is 101 Å². The molecule has 0 aliphatic carbocycles. The zero-order valence-corrected chi connectivity index (χ0v) is 29.9. The minimum Gasteiger partial charge on any atom is -0.491 e. The molecule has 50 heavy (non-hydrogen) atoms.